The smallest absolute Gasteiger partial charge is 0.262 e. The highest BCUT2D eigenvalue weighted by molar-refractivity contribution is 6.23. The molecule has 254 valence electrons. The molecule has 1 aliphatic carbocycles. The van der Waals surface area contributed by atoms with Crippen LogP contribution >= 0.6 is 0 Å². The third-order valence-corrected chi connectivity index (χ3v) is 10.5. The first-order chi connectivity index (χ1) is 23.2. The summed E-state index contributed by atoms with van der Waals surface area (Å²) in [6.45, 7) is 5.22. The molecular formula is C34H41FN8O5. The third-order valence-electron chi connectivity index (χ3n) is 10.5. The normalized spacial score (nSPS) is 23.0. The number of nitrogens with zero attached hydrogens (tertiary/aromatic N) is 6. The molecule has 0 radical (unpaired) electrons. The minimum absolute atomic E-state index is 0.0244. The number of anilines is 2. The first-order valence-corrected chi connectivity index (χ1v) is 17.2. The second-order valence-electron chi connectivity index (χ2n) is 13.6. The van der Waals surface area contributed by atoms with Crippen molar-refractivity contribution in [1.29, 1.82) is 0 Å². The molecule has 2 N–H and O–H groups in total. The van der Waals surface area contributed by atoms with E-state index in [-0.39, 0.29) is 41.6 Å². The maximum atomic E-state index is 15.3. The lowest BCUT2D eigenvalue weighted by molar-refractivity contribution is -0.136. The predicted molar refractivity (Wildman–Crippen MR) is 173 cm³/mol. The van der Waals surface area contributed by atoms with E-state index in [9.17, 15) is 24.0 Å². The Hall–Kier alpha value is -4.46. The number of hydrogen-bond donors (Lipinski definition) is 2. The standard InChI is InChI=1S/C34H41FN8O5/c35-26-16-24-25(33(48)43(32(24)47)27-6-7-29(44)39-31(27)46)17-28(26)41-14-12-40(13-15-41)20-21-8-10-42(11-9-21)34-36-18-22(19-37-34)30(45)38-23-4-2-1-3-5-23/h16-19,21,23,27H,1-15,20H2,(H,38,45)(H,39,44,46). The van der Waals surface area contributed by atoms with E-state index in [1.54, 1.807) is 12.4 Å². The number of piperazine rings is 1. The summed E-state index contributed by atoms with van der Waals surface area (Å²) in [6.07, 6.45) is 10.9. The molecule has 48 heavy (non-hydrogen) atoms. The van der Waals surface area contributed by atoms with Gasteiger partial charge in [0.2, 0.25) is 17.8 Å². The molecule has 5 aliphatic rings. The van der Waals surface area contributed by atoms with Crippen molar-refractivity contribution in [3.05, 3.63) is 47.0 Å². The number of rotatable bonds is 7. The lowest BCUT2D eigenvalue weighted by atomic mass is 9.95. The van der Waals surface area contributed by atoms with Gasteiger partial charge in [-0.25, -0.2) is 14.4 Å². The fourth-order valence-electron chi connectivity index (χ4n) is 7.69. The Morgan fingerprint density at radius 1 is 0.833 bits per heavy atom. The van der Waals surface area contributed by atoms with Crippen molar-refractivity contribution in [1.82, 2.24) is 30.4 Å². The summed E-state index contributed by atoms with van der Waals surface area (Å²) in [5.74, 6) is -2.03. The van der Waals surface area contributed by atoms with Crippen LogP contribution in [-0.4, -0.2) is 107 Å². The molecule has 4 aliphatic heterocycles. The number of halogens is 1. The van der Waals surface area contributed by atoms with Crippen molar-refractivity contribution in [3.8, 4) is 0 Å². The van der Waals surface area contributed by atoms with Gasteiger partial charge in [-0.1, -0.05) is 19.3 Å². The van der Waals surface area contributed by atoms with Crippen LogP contribution in [-0.2, 0) is 9.59 Å². The molecule has 0 bridgehead atoms. The molecule has 1 aromatic carbocycles. The highest BCUT2D eigenvalue weighted by Gasteiger charge is 2.45. The van der Waals surface area contributed by atoms with Gasteiger partial charge in [-0.15, -0.1) is 0 Å². The number of benzene rings is 1. The number of carbonyl (C=O) groups is 5. The molecule has 3 saturated heterocycles. The summed E-state index contributed by atoms with van der Waals surface area (Å²) in [7, 11) is 0. The van der Waals surface area contributed by atoms with Crippen LogP contribution in [0.15, 0.2) is 24.5 Å². The van der Waals surface area contributed by atoms with Gasteiger partial charge in [-0.2, -0.15) is 0 Å². The topological polar surface area (TPSA) is 148 Å². The van der Waals surface area contributed by atoms with E-state index in [0.29, 0.717) is 30.5 Å². The van der Waals surface area contributed by atoms with E-state index >= 15 is 4.39 Å². The first kappa shape index (κ1) is 32.1. The lowest BCUT2D eigenvalue weighted by Gasteiger charge is -2.39. The lowest BCUT2D eigenvalue weighted by Crippen LogP contribution is -2.54. The van der Waals surface area contributed by atoms with Crippen LogP contribution < -0.4 is 20.4 Å². The number of aromatic nitrogens is 2. The summed E-state index contributed by atoms with van der Waals surface area (Å²) >= 11 is 0. The minimum Gasteiger partial charge on any atom is -0.367 e. The molecule has 1 unspecified atom stereocenters. The maximum Gasteiger partial charge on any atom is 0.262 e. The van der Waals surface area contributed by atoms with Gasteiger partial charge in [-0.05, 0) is 50.2 Å². The van der Waals surface area contributed by atoms with E-state index in [0.717, 1.165) is 82.2 Å². The molecule has 4 fully saturated rings. The Morgan fingerprint density at radius 3 is 2.17 bits per heavy atom. The van der Waals surface area contributed by atoms with Crippen LogP contribution in [0.25, 0.3) is 0 Å². The summed E-state index contributed by atoms with van der Waals surface area (Å²) in [6, 6.07) is 1.68. The number of piperidine rings is 2. The average molecular weight is 661 g/mol. The van der Waals surface area contributed by atoms with Gasteiger partial charge in [0.15, 0.2) is 0 Å². The van der Waals surface area contributed by atoms with E-state index in [1.165, 1.54) is 12.5 Å². The quantitative estimate of drug-likeness (QED) is 0.423. The van der Waals surface area contributed by atoms with Crippen LogP contribution in [0.1, 0.15) is 88.9 Å². The molecular weight excluding hydrogens is 619 g/mol. The van der Waals surface area contributed by atoms with Crippen molar-refractivity contribution in [2.24, 2.45) is 5.92 Å². The van der Waals surface area contributed by atoms with E-state index in [2.05, 4.69) is 30.4 Å². The molecule has 13 nitrogen and oxygen atoms in total. The molecule has 7 rings (SSSR count). The van der Waals surface area contributed by atoms with Crippen LogP contribution in [0.2, 0.25) is 0 Å². The molecule has 5 heterocycles. The fraction of sp³-hybridized carbons (Fsp3) is 0.559. The Bertz CT molecular complexity index is 1600. The highest BCUT2D eigenvalue weighted by atomic mass is 19.1. The van der Waals surface area contributed by atoms with E-state index < -0.39 is 35.5 Å². The van der Waals surface area contributed by atoms with E-state index in [1.807, 2.05) is 4.90 Å². The second-order valence-corrected chi connectivity index (χ2v) is 13.6. The van der Waals surface area contributed by atoms with Crippen molar-refractivity contribution in [2.45, 2.75) is 69.9 Å². The fourth-order valence-corrected chi connectivity index (χ4v) is 7.69. The van der Waals surface area contributed by atoms with Gasteiger partial charge < -0.3 is 15.1 Å². The van der Waals surface area contributed by atoms with Crippen molar-refractivity contribution >= 4 is 41.2 Å². The Morgan fingerprint density at radius 2 is 1.50 bits per heavy atom. The molecule has 1 atom stereocenters. The van der Waals surface area contributed by atoms with Crippen molar-refractivity contribution in [2.75, 3.05) is 55.6 Å². The van der Waals surface area contributed by atoms with Gasteiger partial charge >= 0.3 is 0 Å². The molecule has 1 aromatic heterocycles. The molecule has 1 saturated carbocycles. The number of amides is 5. The number of imide groups is 2. The van der Waals surface area contributed by atoms with Gasteiger partial charge in [-0.3, -0.25) is 39.1 Å². The monoisotopic (exact) mass is 660 g/mol. The molecule has 0 spiro atoms. The summed E-state index contributed by atoms with van der Waals surface area (Å²) in [4.78, 5) is 79.1. The van der Waals surface area contributed by atoms with Crippen LogP contribution in [0.5, 0.6) is 0 Å². The number of hydrogen-bond acceptors (Lipinski definition) is 10. The Labute approximate surface area is 278 Å². The van der Waals surface area contributed by atoms with Gasteiger partial charge in [0.1, 0.15) is 11.9 Å². The Balaban J connectivity index is 0.889. The van der Waals surface area contributed by atoms with Gasteiger partial charge in [0, 0.05) is 70.7 Å². The number of carbonyl (C=O) groups excluding carboxylic acids is 5. The highest BCUT2D eigenvalue weighted by Crippen LogP contribution is 2.33. The third kappa shape index (κ3) is 6.49. The summed E-state index contributed by atoms with van der Waals surface area (Å²) in [5.41, 5.74) is 0.784. The molecule has 5 amide bonds. The van der Waals surface area contributed by atoms with Crippen LogP contribution in [0.4, 0.5) is 16.0 Å². The zero-order valence-corrected chi connectivity index (χ0v) is 27.0. The summed E-state index contributed by atoms with van der Waals surface area (Å²) in [5, 5.41) is 5.29. The zero-order chi connectivity index (χ0) is 33.4. The average Bonchev–Trinajstić information content (AvgIpc) is 3.33. The molecule has 2 aromatic rings. The maximum absolute atomic E-state index is 15.3. The Kier molecular flexibility index (Phi) is 9.08. The number of fused-ring (bicyclic) bond motifs is 1. The van der Waals surface area contributed by atoms with Crippen molar-refractivity contribution < 1.29 is 28.4 Å². The predicted octanol–water partition coefficient (Wildman–Crippen LogP) is 2.12. The second kappa shape index (κ2) is 13.6. The van der Waals surface area contributed by atoms with Crippen LogP contribution in [0.3, 0.4) is 0 Å². The first-order valence-electron chi connectivity index (χ1n) is 17.2. The van der Waals surface area contributed by atoms with Gasteiger partial charge in [0.05, 0.1) is 22.4 Å². The zero-order valence-electron chi connectivity index (χ0n) is 27.0. The largest absolute Gasteiger partial charge is 0.367 e. The summed E-state index contributed by atoms with van der Waals surface area (Å²) < 4.78 is 15.3. The van der Waals surface area contributed by atoms with Crippen molar-refractivity contribution in [3.63, 3.8) is 0 Å². The van der Waals surface area contributed by atoms with Crippen LogP contribution in [0, 0.1) is 11.7 Å². The minimum atomic E-state index is -1.09. The van der Waals surface area contributed by atoms with Gasteiger partial charge in [0.25, 0.3) is 17.7 Å². The molecule has 14 heteroatoms. The SMILES string of the molecule is O=C1CCC(N2C(=O)c3cc(F)c(N4CCN(CC5CCN(c6ncc(C(=O)NC7CCCCC7)cn6)CC5)CC4)cc3C2=O)C(=O)N1. The number of nitrogens with one attached hydrogen (secondary N) is 2. The van der Waals surface area contributed by atoms with E-state index in [4.69, 9.17) is 0 Å².